The van der Waals surface area contributed by atoms with Crippen LogP contribution in [0.4, 0.5) is 0 Å². The predicted octanol–water partition coefficient (Wildman–Crippen LogP) is 2.41. The van der Waals surface area contributed by atoms with E-state index in [9.17, 15) is 9.59 Å². The number of carbonyl (C=O) groups excluding carboxylic acids is 1. The summed E-state index contributed by atoms with van der Waals surface area (Å²) in [6, 6.07) is 0. The molecule has 92 valence electrons. The van der Waals surface area contributed by atoms with Crippen LogP contribution in [0.1, 0.15) is 27.7 Å². The van der Waals surface area contributed by atoms with Crippen LogP contribution in [0.25, 0.3) is 0 Å². The van der Waals surface area contributed by atoms with Gasteiger partial charge < -0.3 is 9.84 Å². The summed E-state index contributed by atoms with van der Waals surface area (Å²) in [5.74, 6) is -0.841. The Morgan fingerprint density at radius 2 is 1.56 bits per heavy atom. The molecule has 4 nitrogen and oxygen atoms in total. The molecule has 4 heteroatoms. The van der Waals surface area contributed by atoms with Crippen LogP contribution in [-0.4, -0.2) is 23.7 Å². The van der Waals surface area contributed by atoms with Gasteiger partial charge in [-0.2, -0.15) is 0 Å². The Kier molecular flexibility index (Phi) is 9.16. The van der Waals surface area contributed by atoms with Crippen LogP contribution in [0.3, 0.4) is 0 Å². The van der Waals surface area contributed by atoms with E-state index in [0.717, 1.165) is 0 Å². The van der Waals surface area contributed by atoms with Crippen molar-refractivity contribution in [3.8, 4) is 0 Å². The molecular formula is C12H20O4. The Balaban J connectivity index is 0. The zero-order valence-electron chi connectivity index (χ0n) is 10.4. The van der Waals surface area contributed by atoms with Crippen molar-refractivity contribution < 1.29 is 19.4 Å². The number of hydrogen-bond donors (Lipinski definition) is 1. The van der Waals surface area contributed by atoms with E-state index in [1.807, 2.05) is 13.8 Å². The van der Waals surface area contributed by atoms with E-state index < -0.39 is 5.97 Å². The van der Waals surface area contributed by atoms with Gasteiger partial charge in [-0.05, 0) is 19.8 Å². The van der Waals surface area contributed by atoms with E-state index >= 15 is 0 Å². The summed E-state index contributed by atoms with van der Waals surface area (Å²) in [5, 5.41) is 7.89. The molecule has 0 saturated carbocycles. The van der Waals surface area contributed by atoms with Crippen LogP contribution in [0, 0.1) is 5.92 Å². The molecule has 0 amide bonds. The van der Waals surface area contributed by atoms with Crippen molar-refractivity contribution in [2.45, 2.75) is 27.7 Å². The minimum atomic E-state index is -0.935. The minimum absolute atomic E-state index is 0.176. The summed E-state index contributed by atoms with van der Waals surface area (Å²) in [4.78, 5) is 20.3. The van der Waals surface area contributed by atoms with E-state index in [1.165, 1.54) is 6.92 Å². The van der Waals surface area contributed by atoms with Gasteiger partial charge in [-0.25, -0.2) is 9.59 Å². The van der Waals surface area contributed by atoms with Gasteiger partial charge in [0.1, 0.15) is 0 Å². The number of carbonyl (C=O) groups is 2. The highest BCUT2D eigenvalue weighted by molar-refractivity contribution is 5.86. The van der Waals surface area contributed by atoms with Gasteiger partial charge in [-0.1, -0.05) is 27.0 Å². The lowest BCUT2D eigenvalue weighted by molar-refractivity contribution is -0.140. The first-order chi connectivity index (χ1) is 7.18. The van der Waals surface area contributed by atoms with Crippen LogP contribution < -0.4 is 0 Å². The summed E-state index contributed by atoms with van der Waals surface area (Å²) in [5.41, 5.74) is 0.635. The smallest absolute Gasteiger partial charge is 0.333 e. The first kappa shape index (κ1) is 16.8. The second kappa shape index (κ2) is 8.71. The van der Waals surface area contributed by atoms with Crippen LogP contribution in [-0.2, 0) is 14.3 Å². The SMILES string of the molecule is C=C(C)C(=O)O.C=C(C)C(=O)OCC(C)C. The third kappa shape index (κ3) is 12.4. The standard InChI is InChI=1S/C8H14O2.C4H6O2/c1-6(2)5-10-8(9)7(3)4;1-3(2)4(5)6/h6H,3,5H2,1-2,4H3;1H2,2H3,(H,5,6). The third-order valence-electron chi connectivity index (χ3n) is 1.26. The second-order valence-corrected chi connectivity index (χ2v) is 3.86. The number of ether oxygens (including phenoxy) is 1. The number of carboxylic acid groups (broad SMARTS) is 1. The molecule has 1 N–H and O–H groups in total. The van der Waals surface area contributed by atoms with Crippen LogP contribution in [0.15, 0.2) is 24.3 Å². The van der Waals surface area contributed by atoms with E-state index in [2.05, 4.69) is 13.2 Å². The Morgan fingerprint density at radius 1 is 1.19 bits per heavy atom. The van der Waals surface area contributed by atoms with E-state index in [4.69, 9.17) is 9.84 Å². The molecular weight excluding hydrogens is 208 g/mol. The summed E-state index contributed by atoms with van der Waals surface area (Å²) in [7, 11) is 0. The third-order valence-corrected chi connectivity index (χ3v) is 1.26. The molecule has 0 rings (SSSR count). The first-order valence-electron chi connectivity index (χ1n) is 4.89. The zero-order chi connectivity index (χ0) is 13.3. The molecule has 0 heterocycles. The van der Waals surface area contributed by atoms with E-state index in [0.29, 0.717) is 18.1 Å². The maximum absolute atomic E-state index is 10.7. The lowest BCUT2D eigenvalue weighted by Crippen LogP contribution is -2.09. The van der Waals surface area contributed by atoms with Crippen LogP contribution in [0.2, 0.25) is 0 Å². The quantitative estimate of drug-likeness (QED) is 0.593. The highest BCUT2D eigenvalue weighted by Gasteiger charge is 2.03. The van der Waals surface area contributed by atoms with Crippen molar-refractivity contribution in [3.05, 3.63) is 24.3 Å². The predicted molar refractivity (Wildman–Crippen MR) is 63.1 cm³/mol. The van der Waals surface area contributed by atoms with Gasteiger partial charge in [0.05, 0.1) is 6.61 Å². The topological polar surface area (TPSA) is 63.6 Å². The first-order valence-corrected chi connectivity index (χ1v) is 4.89. The highest BCUT2D eigenvalue weighted by Crippen LogP contribution is 1.97. The Labute approximate surface area is 96.6 Å². The van der Waals surface area contributed by atoms with Crippen LogP contribution in [0.5, 0.6) is 0 Å². The fraction of sp³-hybridized carbons (Fsp3) is 0.500. The number of aliphatic carboxylic acids is 1. The van der Waals surface area contributed by atoms with Gasteiger partial charge in [0.15, 0.2) is 0 Å². The number of rotatable bonds is 4. The lowest BCUT2D eigenvalue weighted by Gasteiger charge is -2.05. The maximum Gasteiger partial charge on any atom is 0.333 e. The van der Waals surface area contributed by atoms with Gasteiger partial charge in [-0.3, -0.25) is 0 Å². The van der Waals surface area contributed by atoms with Crippen molar-refractivity contribution in [1.82, 2.24) is 0 Å². The normalized spacial score (nSPS) is 8.81. The van der Waals surface area contributed by atoms with Crippen molar-refractivity contribution in [2.24, 2.45) is 5.92 Å². The minimum Gasteiger partial charge on any atom is -0.478 e. The van der Waals surface area contributed by atoms with E-state index in [1.54, 1.807) is 6.92 Å². The monoisotopic (exact) mass is 228 g/mol. The fourth-order valence-electron chi connectivity index (χ4n) is 0.366. The number of carboxylic acids is 1. The molecule has 0 saturated heterocycles. The van der Waals surface area contributed by atoms with Gasteiger partial charge in [-0.15, -0.1) is 0 Å². The summed E-state index contributed by atoms with van der Waals surface area (Å²) >= 11 is 0. The Bertz CT molecular complexity index is 265. The Morgan fingerprint density at radius 3 is 1.75 bits per heavy atom. The largest absolute Gasteiger partial charge is 0.478 e. The molecule has 0 fully saturated rings. The van der Waals surface area contributed by atoms with E-state index in [-0.39, 0.29) is 11.5 Å². The maximum atomic E-state index is 10.7. The van der Waals surface area contributed by atoms with Crippen molar-refractivity contribution in [2.75, 3.05) is 6.61 Å². The Hall–Kier alpha value is -1.58. The van der Waals surface area contributed by atoms with Gasteiger partial charge >= 0.3 is 11.9 Å². The number of esters is 1. The molecule has 0 aliphatic carbocycles. The summed E-state index contributed by atoms with van der Waals surface area (Å²) in [6.07, 6.45) is 0. The van der Waals surface area contributed by atoms with Gasteiger partial charge in [0, 0.05) is 11.1 Å². The average Bonchev–Trinajstić information content (AvgIpc) is 2.14. The molecule has 0 spiro atoms. The van der Waals surface area contributed by atoms with Crippen molar-refractivity contribution >= 4 is 11.9 Å². The zero-order valence-corrected chi connectivity index (χ0v) is 10.4. The molecule has 0 atom stereocenters. The highest BCUT2D eigenvalue weighted by atomic mass is 16.5. The molecule has 0 bridgehead atoms. The average molecular weight is 228 g/mol. The number of hydrogen-bond acceptors (Lipinski definition) is 3. The lowest BCUT2D eigenvalue weighted by atomic mass is 10.2. The molecule has 0 aliphatic rings. The van der Waals surface area contributed by atoms with Crippen molar-refractivity contribution in [1.29, 1.82) is 0 Å². The molecule has 0 aromatic heterocycles. The summed E-state index contributed by atoms with van der Waals surface area (Å²) < 4.78 is 4.83. The molecule has 0 unspecified atom stereocenters. The fourth-order valence-corrected chi connectivity index (χ4v) is 0.366. The second-order valence-electron chi connectivity index (χ2n) is 3.86. The van der Waals surface area contributed by atoms with Crippen LogP contribution >= 0.6 is 0 Å². The van der Waals surface area contributed by atoms with Crippen molar-refractivity contribution in [3.63, 3.8) is 0 Å². The van der Waals surface area contributed by atoms with Gasteiger partial charge in [0.25, 0.3) is 0 Å². The molecule has 0 radical (unpaired) electrons. The van der Waals surface area contributed by atoms with Gasteiger partial charge in [0.2, 0.25) is 0 Å². The molecule has 0 aromatic carbocycles. The summed E-state index contributed by atoms with van der Waals surface area (Å²) in [6.45, 7) is 14.2. The molecule has 0 aromatic rings. The molecule has 16 heavy (non-hydrogen) atoms. The molecule has 0 aliphatic heterocycles.